The van der Waals surface area contributed by atoms with Crippen LogP contribution in [0.25, 0.3) is 0 Å². The van der Waals surface area contributed by atoms with Gasteiger partial charge in [0, 0.05) is 29.8 Å². The number of anilines is 3. The Balaban J connectivity index is 1.56. The average Bonchev–Trinajstić information content (AvgIpc) is 2.73. The molecule has 0 saturated carbocycles. The van der Waals surface area contributed by atoms with E-state index >= 15 is 0 Å². The van der Waals surface area contributed by atoms with Crippen LogP contribution in [0.15, 0.2) is 66.9 Å². The zero-order valence-electron chi connectivity index (χ0n) is 15.2. The third-order valence-corrected chi connectivity index (χ3v) is 4.71. The number of rotatable bonds is 4. The van der Waals surface area contributed by atoms with E-state index in [2.05, 4.69) is 16.4 Å². The number of hydrogen-bond donors (Lipinski definition) is 1. The minimum atomic E-state index is -0.0690. The van der Waals surface area contributed by atoms with Gasteiger partial charge in [0.15, 0.2) is 0 Å². The number of carbonyl (C=O) groups is 1. The normalized spacial score (nSPS) is 13.0. The van der Waals surface area contributed by atoms with E-state index in [1.54, 1.807) is 19.4 Å². The summed E-state index contributed by atoms with van der Waals surface area (Å²) in [6.45, 7) is 0.716. The zero-order chi connectivity index (χ0) is 18.6. The largest absolute Gasteiger partial charge is 0.497 e. The Hall–Kier alpha value is -3.34. The van der Waals surface area contributed by atoms with Gasteiger partial charge in [-0.3, -0.25) is 9.78 Å². The predicted octanol–water partition coefficient (Wildman–Crippen LogP) is 4.43. The second kappa shape index (κ2) is 7.50. The molecule has 1 aliphatic rings. The number of ether oxygens (including phenoxy) is 1. The number of amides is 1. The van der Waals surface area contributed by atoms with Crippen molar-refractivity contribution in [1.29, 1.82) is 0 Å². The Bertz CT molecular complexity index is 954. The summed E-state index contributed by atoms with van der Waals surface area (Å²) in [7, 11) is 1.64. The standard InChI is InChI=1S/C22H21N3O2/c1-27-19-10-8-17(9-11-19)24-18-12-13-23-20(15-18)22(26)25-14-4-6-16-5-2-3-7-21(16)25/h2-3,5,7-13,15H,4,6,14H2,1H3,(H,23,24). The summed E-state index contributed by atoms with van der Waals surface area (Å²) in [4.78, 5) is 19.2. The fourth-order valence-electron chi connectivity index (χ4n) is 3.35. The lowest BCUT2D eigenvalue weighted by atomic mass is 10.0. The maximum atomic E-state index is 13.1. The van der Waals surface area contributed by atoms with Crippen LogP contribution in [0, 0.1) is 0 Å². The number of nitrogens with zero attached hydrogens (tertiary/aromatic N) is 2. The Morgan fingerprint density at radius 1 is 1.07 bits per heavy atom. The van der Waals surface area contributed by atoms with Crippen molar-refractivity contribution in [1.82, 2.24) is 4.98 Å². The molecular formula is C22H21N3O2. The van der Waals surface area contributed by atoms with E-state index in [-0.39, 0.29) is 5.91 Å². The van der Waals surface area contributed by atoms with E-state index in [9.17, 15) is 4.79 Å². The van der Waals surface area contributed by atoms with Crippen molar-refractivity contribution < 1.29 is 9.53 Å². The van der Waals surface area contributed by atoms with Crippen LogP contribution in [-0.2, 0) is 6.42 Å². The minimum Gasteiger partial charge on any atom is -0.497 e. The van der Waals surface area contributed by atoms with Gasteiger partial charge in [0.2, 0.25) is 0 Å². The van der Waals surface area contributed by atoms with Crippen molar-refractivity contribution >= 4 is 23.0 Å². The van der Waals surface area contributed by atoms with Gasteiger partial charge in [-0.05, 0) is 60.9 Å². The lowest BCUT2D eigenvalue weighted by molar-refractivity contribution is 0.0980. The lowest BCUT2D eigenvalue weighted by Gasteiger charge is -2.29. The first-order chi connectivity index (χ1) is 13.2. The number of methoxy groups -OCH3 is 1. The number of carbonyl (C=O) groups excluding carboxylic acids is 1. The number of aromatic nitrogens is 1. The van der Waals surface area contributed by atoms with Crippen LogP contribution in [0.5, 0.6) is 5.75 Å². The number of para-hydroxylation sites is 1. The van der Waals surface area contributed by atoms with Crippen molar-refractivity contribution in [2.24, 2.45) is 0 Å². The van der Waals surface area contributed by atoms with Crippen LogP contribution < -0.4 is 15.0 Å². The van der Waals surface area contributed by atoms with Gasteiger partial charge < -0.3 is 15.0 Å². The topological polar surface area (TPSA) is 54.5 Å². The molecule has 2 heterocycles. The molecule has 136 valence electrons. The summed E-state index contributed by atoms with van der Waals surface area (Å²) in [5.74, 6) is 0.732. The second-order valence-corrected chi connectivity index (χ2v) is 6.47. The molecule has 0 radical (unpaired) electrons. The van der Waals surface area contributed by atoms with Crippen LogP contribution in [0.3, 0.4) is 0 Å². The third-order valence-electron chi connectivity index (χ3n) is 4.71. The van der Waals surface area contributed by atoms with Gasteiger partial charge in [-0.2, -0.15) is 0 Å². The van der Waals surface area contributed by atoms with Crippen molar-refractivity contribution in [3.05, 3.63) is 78.1 Å². The molecule has 0 spiro atoms. The first-order valence-corrected chi connectivity index (χ1v) is 9.01. The zero-order valence-corrected chi connectivity index (χ0v) is 15.2. The molecule has 1 aromatic heterocycles. The van der Waals surface area contributed by atoms with Crippen molar-refractivity contribution in [2.75, 3.05) is 23.9 Å². The highest BCUT2D eigenvalue weighted by atomic mass is 16.5. The van der Waals surface area contributed by atoms with Crippen molar-refractivity contribution in [3.63, 3.8) is 0 Å². The molecule has 1 aliphatic heterocycles. The van der Waals surface area contributed by atoms with E-state index in [4.69, 9.17) is 4.74 Å². The Morgan fingerprint density at radius 2 is 1.89 bits per heavy atom. The molecule has 0 aliphatic carbocycles. The first kappa shape index (κ1) is 17.1. The monoisotopic (exact) mass is 359 g/mol. The molecule has 3 aromatic rings. The average molecular weight is 359 g/mol. The molecule has 4 rings (SSSR count). The van der Waals surface area contributed by atoms with Crippen LogP contribution in [-0.4, -0.2) is 24.5 Å². The fraction of sp³-hybridized carbons (Fsp3) is 0.182. The molecule has 5 nitrogen and oxygen atoms in total. The summed E-state index contributed by atoms with van der Waals surface area (Å²) in [6.07, 6.45) is 3.63. The number of hydrogen-bond acceptors (Lipinski definition) is 4. The molecule has 2 aromatic carbocycles. The number of benzene rings is 2. The molecule has 0 unspecified atom stereocenters. The predicted molar refractivity (Wildman–Crippen MR) is 107 cm³/mol. The van der Waals surface area contributed by atoms with Crippen LogP contribution in [0.4, 0.5) is 17.1 Å². The van der Waals surface area contributed by atoms with Gasteiger partial charge in [-0.15, -0.1) is 0 Å². The highest BCUT2D eigenvalue weighted by Gasteiger charge is 2.24. The molecule has 0 saturated heterocycles. The summed E-state index contributed by atoms with van der Waals surface area (Å²) in [6, 6.07) is 19.4. The molecule has 27 heavy (non-hydrogen) atoms. The number of aryl methyl sites for hydroxylation is 1. The Labute approximate surface area is 158 Å². The summed E-state index contributed by atoms with van der Waals surface area (Å²) < 4.78 is 5.18. The van der Waals surface area contributed by atoms with E-state index in [1.165, 1.54) is 5.56 Å². The number of fused-ring (bicyclic) bond motifs is 1. The van der Waals surface area contributed by atoms with Gasteiger partial charge in [-0.1, -0.05) is 18.2 Å². The summed E-state index contributed by atoms with van der Waals surface area (Å²) in [5, 5.41) is 3.31. The first-order valence-electron chi connectivity index (χ1n) is 9.01. The molecule has 0 fully saturated rings. The van der Waals surface area contributed by atoms with E-state index in [1.807, 2.05) is 53.4 Å². The lowest BCUT2D eigenvalue weighted by Crippen LogP contribution is -2.35. The Morgan fingerprint density at radius 3 is 2.70 bits per heavy atom. The molecule has 5 heteroatoms. The summed E-state index contributed by atoms with van der Waals surface area (Å²) in [5.41, 5.74) is 4.38. The quantitative estimate of drug-likeness (QED) is 0.749. The Kier molecular flexibility index (Phi) is 4.75. The van der Waals surface area contributed by atoms with Gasteiger partial charge >= 0.3 is 0 Å². The highest BCUT2D eigenvalue weighted by molar-refractivity contribution is 6.06. The fourth-order valence-corrected chi connectivity index (χ4v) is 3.35. The van der Waals surface area contributed by atoms with Crippen LogP contribution >= 0.6 is 0 Å². The minimum absolute atomic E-state index is 0.0690. The van der Waals surface area contributed by atoms with Gasteiger partial charge in [0.05, 0.1) is 7.11 Å². The maximum absolute atomic E-state index is 13.1. The van der Waals surface area contributed by atoms with Crippen LogP contribution in [0.1, 0.15) is 22.5 Å². The third kappa shape index (κ3) is 3.62. The second-order valence-electron chi connectivity index (χ2n) is 6.47. The molecule has 0 atom stereocenters. The van der Waals surface area contributed by atoms with Crippen LogP contribution in [0.2, 0.25) is 0 Å². The highest BCUT2D eigenvalue weighted by Crippen LogP contribution is 2.28. The van der Waals surface area contributed by atoms with Crippen molar-refractivity contribution in [2.45, 2.75) is 12.8 Å². The molecule has 1 amide bonds. The number of nitrogens with one attached hydrogen (secondary N) is 1. The van der Waals surface area contributed by atoms with E-state index in [0.29, 0.717) is 12.2 Å². The van der Waals surface area contributed by atoms with Gasteiger partial charge in [0.25, 0.3) is 5.91 Å². The SMILES string of the molecule is COc1ccc(Nc2ccnc(C(=O)N3CCCc4ccccc43)c2)cc1. The molecule has 1 N–H and O–H groups in total. The molecule has 0 bridgehead atoms. The van der Waals surface area contributed by atoms with E-state index in [0.717, 1.165) is 35.7 Å². The van der Waals surface area contributed by atoms with E-state index < -0.39 is 0 Å². The van der Waals surface area contributed by atoms with Gasteiger partial charge in [0.1, 0.15) is 11.4 Å². The summed E-state index contributed by atoms with van der Waals surface area (Å²) >= 11 is 0. The molecular weight excluding hydrogens is 338 g/mol. The maximum Gasteiger partial charge on any atom is 0.276 e. The van der Waals surface area contributed by atoms with Crippen molar-refractivity contribution in [3.8, 4) is 5.75 Å². The van der Waals surface area contributed by atoms with Gasteiger partial charge in [-0.25, -0.2) is 0 Å². The number of pyridine rings is 1. The smallest absolute Gasteiger partial charge is 0.276 e.